The standard InChI is InChI=1S/C18H22N6O/c19-12-4-6-13(7-5-12)22-17-11-16(18-20-8-9-24(18)23-17)21-14-2-1-3-15(25)10-14/h1-3,8-13,21,25H,4-7,19H2,(H,22,23)/t12-,13-. The molecule has 0 aliphatic heterocycles. The molecule has 0 spiro atoms. The van der Waals surface area contributed by atoms with Crippen LogP contribution in [-0.2, 0) is 0 Å². The number of fused-ring (bicyclic) bond motifs is 1. The van der Waals surface area contributed by atoms with Gasteiger partial charge in [-0.1, -0.05) is 6.07 Å². The fourth-order valence-corrected chi connectivity index (χ4v) is 3.29. The Hall–Kier alpha value is -2.80. The van der Waals surface area contributed by atoms with Gasteiger partial charge in [0.2, 0.25) is 0 Å². The van der Waals surface area contributed by atoms with Crippen LogP contribution < -0.4 is 16.4 Å². The van der Waals surface area contributed by atoms with Crippen molar-refractivity contribution in [3.8, 4) is 5.75 Å². The maximum Gasteiger partial charge on any atom is 0.177 e. The van der Waals surface area contributed by atoms with Crippen LogP contribution in [0.25, 0.3) is 5.65 Å². The maximum atomic E-state index is 9.66. The van der Waals surface area contributed by atoms with Crippen LogP contribution in [0.4, 0.5) is 17.2 Å². The van der Waals surface area contributed by atoms with E-state index in [1.54, 1.807) is 28.9 Å². The summed E-state index contributed by atoms with van der Waals surface area (Å²) in [6, 6.07) is 9.69. The first kappa shape index (κ1) is 15.7. The van der Waals surface area contributed by atoms with E-state index in [2.05, 4.69) is 20.7 Å². The van der Waals surface area contributed by atoms with E-state index in [1.165, 1.54) is 0 Å². The minimum atomic E-state index is 0.218. The van der Waals surface area contributed by atoms with Gasteiger partial charge >= 0.3 is 0 Å². The first-order valence-corrected chi connectivity index (χ1v) is 8.60. The van der Waals surface area contributed by atoms with Crippen molar-refractivity contribution >= 4 is 22.8 Å². The largest absolute Gasteiger partial charge is 0.508 e. The monoisotopic (exact) mass is 338 g/mol. The van der Waals surface area contributed by atoms with Gasteiger partial charge in [0.1, 0.15) is 11.6 Å². The predicted octanol–water partition coefficient (Wildman–Crippen LogP) is 2.86. The molecule has 7 heteroatoms. The summed E-state index contributed by atoms with van der Waals surface area (Å²) in [5.41, 5.74) is 8.35. The van der Waals surface area contributed by atoms with Crippen LogP contribution in [0.15, 0.2) is 42.7 Å². The Bertz CT molecular complexity index is 869. The number of nitrogens with two attached hydrogens (primary N) is 1. The molecule has 0 unspecified atom stereocenters. The lowest BCUT2D eigenvalue weighted by Crippen LogP contribution is -2.33. The fourth-order valence-electron chi connectivity index (χ4n) is 3.29. The summed E-state index contributed by atoms with van der Waals surface area (Å²) >= 11 is 0. The molecule has 2 aromatic heterocycles. The Morgan fingerprint density at radius 3 is 2.80 bits per heavy atom. The minimum Gasteiger partial charge on any atom is -0.508 e. The molecule has 2 heterocycles. The number of aromatic nitrogens is 3. The van der Waals surface area contributed by atoms with Crippen molar-refractivity contribution in [2.45, 2.75) is 37.8 Å². The van der Waals surface area contributed by atoms with Crippen LogP contribution in [0, 0.1) is 0 Å². The minimum absolute atomic E-state index is 0.218. The molecule has 4 rings (SSSR count). The van der Waals surface area contributed by atoms with Gasteiger partial charge in [0.05, 0.1) is 5.69 Å². The van der Waals surface area contributed by atoms with Crippen molar-refractivity contribution in [2.24, 2.45) is 5.73 Å². The van der Waals surface area contributed by atoms with Gasteiger partial charge in [0.15, 0.2) is 5.65 Å². The molecule has 0 bridgehead atoms. The van der Waals surface area contributed by atoms with E-state index < -0.39 is 0 Å². The van der Waals surface area contributed by atoms with Gasteiger partial charge in [-0.15, -0.1) is 5.10 Å². The van der Waals surface area contributed by atoms with Gasteiger partial charge in [0.25, 0.3) is 0 Å². The zero-order chi connectivity index (χ0) is 17.2. The molecule has 1 saturated carbocycles. The molecular formula is C18H22N6O. The van der Waals surface area contributed by atoms with Crippen LogP contribution in [0.2, 0.25) is 0 Å². The van der Waals surface area contributed by atoms with E-state index in [9.17, 15) is 5.11 Å². The maximum absolute atomic E-state index is 9.66. The smallest absolute Gasteiger partial charge is 0.177 e. The third kappa shape index (κ3) is 3.51. The van der Waals surface area contributed by atoms with Crippen LogP contribution in [0.1, 0.15) is 25.7 Å². The Balaban J connectivity index is 1.60. The van der Waals surface area contributed by atoms with Crippen molar-refractivity contribution in [3.63, 3.8) is 0 Å². The van der Waals surface area contributed by atoms with Gasteiger partial charge in [-0.05, 0) is 37.8 Å². The summed E-state index contributed by atoms with van der Waals surface area (Å²) in [4.78, 5) is 4.37. The second kappa shape index (κ2) is 6.60. The van der Waals surface area contributed by atoms with Crippen LogP contribution >= 0.6 is 0 Å². The quantitative estimate of drug-likeness (QED) is 0.584. The zero-order valence-electron chi connectivity index (χ0n) is 13.9. The number of hydrogen-bond donors (Lipinski definition) is 4. The van der Waals surface area contributed by atoms with E-state index in [0.29, 0.717) is 12.1 Å². The predicted molar refractivity (Wildman–Crippen MR) is 98.2 cm³/mol. The first-order chi connectivity index (χ1) is 12.2. The third-order valence-corrected chi connectivity index (χ3v) is 4.61. The first-order valence-electron chi connectivity index (χ1n) is 8.60. The molecule has 0 saturated heterocycles. The zero-order valence-corrected chi connectivity index (χ0v) is 13.9. The molecule has 7 nitrogen and oxygen atoms in total. The Kier molecular flexibility index (Phi) is 4.15. The average Bonchev–Trinajstić information content (AvgIpc) is 3.06. The summed E-state index contributed by atoms with van der Waals surface area (Å²) in [6.45, 7) is 0. The number of benzene rings is 1. The highest BCUT2D eigenvalue weighted by Crippen LogP contribution is 2.27. The van der Waals surface area contributed by atoms with Crippen molar-refractivity contribution in [2.75, 3.05) is 10.6 Å². The summed E-state index contributed by atoms with van der Waals surface area (Å²) < 4.78 is 1.75. The number of aromatic hydroxyl groups is 1. The van der Waals surface area contributed by atoms with Crippen molar-refractivity contribution in [1.82, 2.24) is 14.6 Å². The van der Waals surface area contributed by atoms with Crippen molar-refractivity contribution in [1.29, 1.82) is 0 Å². The molecule has 1 aromatic carbocycles. The molecule has 0 amide bonds. The third-order valence-electron chi connectivity index (χ3n) is 4.61. The Labute approximate surface area is 145 Å². The molecule has 1 aliphatic rings. The molecular weight excluding hydrogens is 316 g/mol. The van der Waals surface area contributed by atoms with Crippen molar-refractivity contribution in [3.05, 3.63) is 42.7 Å². The fraction of sp³-hybridized carbons (Fsp3) is 0.333. The lowest BCUT2D eigenvalue weighted by atomic mass is 9.92. The Morgan fingerprint density at radius 1 is 1.16 bits per heavy atom. The van der Waals surface area contributed by atoms with Crippen LogP contribution in [0.3, 0.4) is 0 Å². The summed E-state index contributed by atoms with van der Waals surface area (Å²) in [7, 11) is 0. The number of anilines is 3. The van der Waals surface area contributed by atoms with Gasteiger partial charge in [0, 0.05) is 42.3 Å². The van der Waals surface area contributed by atoms with E-state index in [-0.39, 0.29) is 5.75 Å². The number of phenolic OH excluding ortho intramolecular Hbond substituents is 1. The summed E-state index contributed by atoms with van der Waals surface area (Å²) in [5, 5.41) is 21.1. The summed E-state index contributed by atoms with van der Waals surface area (Å²) in [6.07, 6.45) is 7.74. The molecule has 1 aliphatic carbocycles. The average molecular weight is 338 g/mol. The molecule has 5 N–H and O–H groups in total. The van der Waals surface area contributed by atoms with Gasteiger partial charge in [-0.25, -0.2) is 9.50 Å². The van der Waals surface area contributed by atoms with Crippen LogP contribution in [0.5, 0.6) is 5.75 Å². The number of nitrogens with one attached hydrogen (secondary N) is 2. The summed E-state index contributed by atoms with van der Waals surface area (Å²) in [5.74, 6) is 1.02. The SMILES string of the molecule is N[C@H]1CC[C@H](Nc2cc(Nc3cccc(O)c3)c3nccn3n2)CC1. The number of imidazole rings is 1. The highest BCUT2D eigenvalue weighted by atomic mass is 16.3. The topological polar surface area (TPSA) is 100 Å². The van der Waals surface area contributed by atoms with E-state index >= 15 is 0 Å². The normalized spacial score (nSPS) is 20.5. The number of rotatable bonds is 4. The van der Waals surface area contributed by atoms with Gasteiger partial charge in [-0.3, -0.25) is 0 Å². The van der Waals surface area contributed by atoms with E-state index in [4.69, 9.17) is 5.73 Å². The Morgan fingerprint density at radius 2 is 2.00 bits per heavy atom. The number of hydrogen-bond acceptors (Lipinski definition) is 6. The van der Waals surface area contributed by atoms with Gasteiger partial charge in [-0.2, -0.15) is 0 Å². The molecule has 130 valence electrons. The van der Waals surface area contributed by atoms with E-state index in [1.807, 2.05) is 18.3 Å². The van der Waals surface area contributed by atoms with Crippen molar-refractivity contribution < 1.29 is 5.11 Å². The molecule has 0 atom stereocenters. The lowest BCUT2D eigenvalue weighted by molar-refractivity contribution is 0.410. The second-order valence-corrected chi connectivity index (χ2v) is 6.57. The highest BCUT2D eigenvalue weighted by Gasteiger charge is 2.19. The second-order valence-electron chi connectivity index (χ2n) is 6.57. The highest BCUT2D eigenvalue weighted by molar-refractivity contribution is 5.76. The molecule has 3 aromatic rings. The van der Waals surface area contributed by atoms with E-state index in [0.717, 1.165) is 48.5 Å². The molecule has 1 fully saturated rings. The van der Waals surface area contributed by atoms with Gasteiger partial charge < -0.3 is 21.5 Å². The number of nitrogens with zero attached hydrogens (tertiary/aromatic N) is 3. The molecule has 0 radical (unpaired) electrons. The lowest BCUT2D eigenvalue weighted by Gasteiger charge is -2.27. The molecule has 25 heavy (non-hydrogen) atoms. The number of phenols is 1. The van der Waals surface area contributed by atoms with Crippen LogP contribution in [-0.4, -0.2) is 31.8 Å².